The summed E-state index contributed by atoms with van der Waals surface area (Å²) in [5, 5.41) is 13.0. The van der Waals surface area contributed by atoms with Gasteiger partial charge in [-0.2, -0.15) is 0 Å². The van der Waals surface area contributed by atoms with Crippen LogP contribution in [0.2, 0.25) is 0 Å². The number of nitrogens with zero attached hydrogens (tertiary/aromatic N) is 1. The Morgan fingerprint density at radius 2 is 1.85 bits per heavy atom. The number of amides is 1. The molecule has 0 unspecified atom stereocenters. The number of nitrogen functional groups attached to an aromatic ring is 1. The summed E-state index contributed by atoms with van der Waals surface area (Å²) >= 11 is 0. The molecular weight excluding hydrogens is 265 g/mol. The smallest absolute Gasteiger partial charge is 0.295 e. The maximum Gasteiger partial charge on any atom is 0.295 e. The molecular formula is C13H10FN3O3. The van der Waals surface area contributed by atoms with E-state index in [0.29, 0.717) is 5.69 Å². The van der Waals surface area contributed by atoms with Crippen LogP contribution in [0.1, 0.15) is 10.4 Å². The van der Waals surface area contributed by atoms with E-state index in [9.17, 15) is 19.3 Å². The molecule has 0 atom stereocenters. The second kappa shape index (κ2) is 5.35. The third kappa shape index (κ3) is 2.72. The van der Waals surface area contributed by atoms with E-state index >= 15 is 0 Å². The van der Waals surface area contributed by atoms with Crippen LogP contribution < -0.4 is 11.1 Å². The van der Waals surface area contributed by atoms with E-state index in [2.05, 4.69) is 5.32 Å². The zero-order valence-electron chi connectivity index (χ0n) is 10.2. The van der Waals surface area contributed by atoms with Gasteiger partial charge < -0.3 is 11.1 Å². The van der Waals surface area contributed by atoms with Crippen molar-refractivity contribution in [3.8, 4) is 0 Å². The third-order valence-electron chi connectivity index (χ3n) is 2.60. The molecule has 0 aliphatic carbocycles. The Morgan fingerprint density at radius 3 is 2.45 bits per heavy atom. The number of nitro benzene ring substituents is 1. The van der Waals surface area contributed by atoms with Crippen molar-refractivity contribution in [2.75, 3.05) is 11.1 Å². The molecule has 0 saturated carbocycles. The number of nitro groups is 1. The van der Waals surface area contributed by atoms with Crippen molar-refractivity contribution < 1.29 is 14.1 Å². The highest BCUT2D eigenvalue weighted by Gasteiger charge is 2.20. The summed E-state index contributed by atoms with van der Waals surface area (Å²) in [6.07, 6.45) is 0. The van der Waals surface area contributed by atoms with Gasteiger partial charge in [0.1, 0.15) is 0 Å². The molecule has 3 N–H and O–H groups in total. The van der Waals surface area contributed by atoms with E-state index < -0.39 is 28.0 Å². The van der Waals surface area contributed by atoms with Gasteiger partial charge in [0.2, 0.25) is 0 Å². The van der Waals surface area contributed by atoms with Crippen LogP contribution in [0.3, 0.4) is 0 Å². The van der Waals surface area contributed by atoms with Gasteiger partial charge in [-0.25, -0.2) is 4.39 Å². The molecule has 6 nitrogen and oxygen atoms in total. The summed E-state index contributed by atoms with van der Waals surface area (Å²) in [7, 11) is 0. The Balaban J connectivity index is 2.32. The number of rotatable bonds is 3. The van der Waals surface area contributed by atoms with Gasteiger partial charge in [0.15, 0.2) is 11.5 Å². The average Bonchev–Trinajstić information content (AvgIpc) is 2.41. The zero-order valence-corrected chi connectivity index (χ0v) is 10.2. The molecule has 0 spiro atoms. The van der Waals surface area contributed by atoms with Crippen molar-refractivity contribution in [3.05, 3.63) is 64.0 Å². The van der Waals surface area contributed by atoms with E-state index in [4.69, 9.17) is 5.73 Å². The molecule has 0 saturated heterocycles. The van der Waals surface area contributed by atoms with Gasteiger partial charge in [-0.15, -0.1) is 0 Å². The second-order valence-electron chi connectivity index (χ2n) is 3.97. The van der Waals surface area contributed by atoms with E-state index in [1.54, 1.807) is 0 Å². The van der Waals surface area contributed by atoms with Gasteiger partial charge >= 0.3 is 0 Å². The third-order valence-corrected chi connectivity index (χ3v) is 2.60. The minimum absolute atomic E-state index is 0.219. The van der Waals surface area contributed by atoms with E-state index in [1.807, 2.05) is 0 Å². The first-order chi connectivity index (χ1) is 9.49. The molecule has 20 heavy (non-hydrogen) atoms. The minimum Gasteiger partial charge on any atom is -0.399 e. The number of nitrogens with two attached hydrogens (primary N) is 1. The van der Waals surface area contributed by atoms with Crippen LogP contribution in [-0.2, 0) is 0 Å². The molecule has 0 fully saturated rings. The molecule has 0 heterocycles. The Kier molecular flexibility index (Phi) is 3.60. The predicted molar refractivity (Wildman–Crippen MR) is 71.9 cm³/mol. The zero-order chi connectivity index (χ0) is 14.7. The summed E-state index contributed by atoms with van der Waals surface area (Å²) in [5.74, 6) is -1.53. The lowest BCUT2D eigenvalue weighted by Gasteiger charge is -2.07. The van der Waals surface area contributed by atoms with Crippen LogP contribution >= 0.6 is 0 Å². The molecule has 0 aliphatic rings. The topological polar surface area (TPSA) is 98.3 Å². The molecule has 2 aromatic rings. The number of benzene rings is 2. The highest BCUT2D eigenvalue weighted by atomic mass is 19.1. The maximum atomic E-state index is 13.6. The van der Waals surface area contributed by atoms with Crippen LogP contribution in [0.25, 0.3) is 0 Å². The highest BCUT2D eigenvalue weighted by Crippen LogP contribution is 2.27. The van der Waals surface area contributed by atoms with Gasteiger partial charge in [0.25, 0.3) is 11.6 Å². The van der Waals surface area contributed by atoms with Crippen molar-refractivity contribution in [2.24, 2.45) is 0 Å². The summed E-state index contributed by atoms with van der Waals surface area (Å²) in [6, 6.07) is 9.24. The van der Waals surface area contributed by atoms with Crippen molar-refractivity contribution in [1.82, 2.24) is 0 Å². The molecule has 102 valence electrons. The molecule has 2 aromatic carbocycles. The predicted octanol–water partition coefficient (Wildman–Crippen LogP) is 2.57. The highest BCUT2D eigenvalue weighted by molar-refractivity contribution is 6.05. The lowest BCUT2D eigenvalue weighted by molar-refractivity contribution is -0.384. The largest absolute Gasteiger partial charge is 0.399 e. The molecule has 0 aromatic heterocycles. The quantitative estimate of drug-likeness (QED) is 0.511. The van der Waals surface area contributed by atoms with Gasteiger partial charge in [-0.05, 0) is 30.3 Å². The Morgan fingerprint density at radius 1 is 1.20 bits per heavy atom. The summed E-state index contributed by atoms with van der Waals surface area (Å²) in [6.45, 7) is 0. The fourth-order valence-corrected chi connectivity index (χ4v) is 1.61. The van der Waals surface area contributed by atoms with Crippen molar-refractivity contribution in [3.63, 3.8) is 0 Å². The molecule has 2 rings (SSSR count). The fraction of sp³-hybridized carbons (Fsp3) is 0. The van der Waals surface area contributed by atoms with Crippen LogP contribution in [-0.4, -0.2) is 10.8 Å². The normalized spacial score (nSPS) is 10.1. The van der Waals surface area contributed by atoms with Gasteiger partial charge in [0.05, 0.1) is 4.92 Å². The number of hydrogen-bond acceptors (Lipinski definition) is 4. The number of nitrogens with one attached hydrogen (secondary N) is 1. The molecule has 7 heteroatoms. The molecule has 0 aliphatic heterocycles. The molecule has 0 bridgehead atoms. The fourth-order valence-electron chi connectivity index (χ4n) is 1.61. The summed E-state index contributed by atoms with van der Waals surface area (Å²) < 4.78 is 13.6. The summed E-state index contributed by atoms with van der Waals surface area (Å²) in [5.41, 5.74) is 5.21. The van der Waals surface area contributed by atoms with Crippen LogP contribution in [0.15, 0.2) is 42.5 Å². The van der Waals surface area contributed by atoms with Crippen LogP contribution in [0.4, 0.5) is 21.5 Å². The average molecular weight is 275 g/mol. The Bertz CT molecular complexity index is 671. The van der Waals surface area contributed by atoms with E-state index in [-0.39, 0.29) is 5.56 Å². The number of hydrogen-bond donors (Lipinski definition) is 2. The van der Waals surface area contributed by atoms with Gasteiger partial charge in [-0.3, -0.25) is 14.9 Å². The van der Waals surface area contributed by atoms with E-state index in [0.717, 1.165) is 12.1 Å². The van der Waals surface area contributed by atoms with Crippen LogP contribution in [0.5, 0.6) is 0 Å². The lowest BCUT2D eigenvalue weighted by Crippen LogP contribution is -2.14. The van der Waals surface area contributed by atoms with Crippen molar-refractivity contribution in [2.45, 2.75) is 0 Å². The number of carbonyl (C=O) groups is 1. The SMILES string of the molecule is Nc1ccc(C(=O)Nc2c(F)cccc2[N+](=O)[O-])cc1. The molecule has 0 radical (unpaired) electrons. The number of halogens is 1. The standard InChI is InChI=1S/C13H10FN3O3/c14-10-2-1-3-11(17(19)20)12(10)16-13(18)8-4-6-9(15)7-5-8/h1-7H,15H2,(H,16,18). The Hall–Kier alpha value is -2.96. The van der Waals surface area contributed by atoms with Crippen LogP contribution in [0, 0.1) is 15.9 Å². The first kappa shape index (κ1) is 13.5. The minimum atomic E-state index is -0.872. The first-order valence-corrected chi connectivity index (χ1v) is 5.59. The first-order valence-electron chi connectivity index (χ1n) is 5.59. The lowest BCUT2D eigenvalue weighted by atomic mass is 10.2. The Labute approximate surface area is 113 Å². The number of carbonyl (C=O) groups excluding carboxylic acids is 1. The number of anilines is 2. The summed E-state index contributed by atoms with van der Waals surface area (Å²) in [4.78, 5) is 22.0. The van der Waals surface area contributed by atoms with Crippen molar-refractivity contribution >= 4 is 23.0 Å². The van der Waals surface area contributed by atoms with E-state index in [1.165, 1.54) is 30.3 Å². The second-order valence-corrected chi connectivity index (χ2v) is 3.97. The van der Waals surface area contributed by atoms with Crippen molar-refractivity contribution in [1.29, 1.82) is 0 Å². The number of para-hydroxylation sites is 1. The van der Waals surface area contributed by atoms with Gasteiger partial charge in [-0.1, -0.05) is 6.07 Å². The van der Waals surface area contributed by atoms with Gasteiger partial charge in [0, 0.05) is 17.3 Å². The monoisotopic (exact) mass is 275 g/mol. The molecule has 1 amide bonds. The maximum absolute atomic E-state index is 13.6.